The van der Waals surface area contributed by atoms with Gasteiger partial charge in [0.15, 0.2) is 0 Å². The van der Waals surface area contributed by atoms with Gasteiger partial charge in [0.2, 0.25) is 5.95 Å². The van der Waals surface area contributed by atoms with Crippen molar-refractivity contribution in [2.45, 2.75) is 26.1 Å². The minimum absolute atomic E-state index is 0.0576. The summed E-state index contributed by atoms with van der Waals surface area (Å²) in [5.41, 5.74) is 2.12. The number of nitro groups is 1. The van der Waals surface area contributed by atoms with Gasteiger partial charge in [0.1, 0.15) is 23.9 Å². The number of ether oxygens (including phenoxy) is 3. The van der Waals surface area contributed by atoms with Crippen molar-refractivity contribution in [3.05, 3.63) is 99.5 Å². The van der Waals surface area contributed by atoms with Gasteiger partial charge >= 0.3 is 0 Å². The number of benzene rings is 3. The van der Waals surface area contributed by atoms with E-state index >= 15 is 0 Å². The van der Waals surface area contributed by atoms with Crippen LogP contribution in [0, 0.1) is 15.9 Å². The van der Waals surface area contributed by atoms with Crippen molar-refractivity contribution < 1.29 is 28.3 Å². The van der Waals surface area contributed by atoms with Gasteiger partial charge in [0.25, 0.3) is 11.6 Å². The summed E-state index contributed by atoms with van der Waals surface area (Å²) < 4.78 is 31.7. The fourth-order valence-corrected chi connectivity index (χ4v) is 4.48. The summed E-state index contributed by atoms with van der Waals surface area (Å²) in [4.78, 5) is 32.7. The van der Waals surface area contributed by atoms with Gasteiger partial charge < -0.3 is 24.8 Å². The maximum atomic E-state index is 14.5. The van der Waals surface area contributed by atoms with Crippen molar-refractivity contribution >= 4 is 23.2 Å². The molecular weight excluding hydrogens is 545 g/mol. The molecule has 3 aromatic carbocycles. The van der Waals surface area contributed by atoms with Gasteiger partial charge in [-0.05, 0) is 61.4 Å². The fraction of sp³-hybridized carbons (Fsp3) is 0.233. The molecule has 2 aliphatic heterocycles. The number of nitrogens with zero attached hydrogens (tertiary/aromatic N) is 3. The predicted molar refractivity (Wildman–Crippen MR) is 152 cm³/mol. The second-order valence-electron chi connectivity index (χ2n) is 9.43. The number of nitro benzene ring substituents is 1. The Hall–Kier alpha value is -5.10. The van der Waals surface area contributed by atoms with E-state index < -0.39 is 16.6 Å². The van der Waals surface area contributed by atoms with E-state index in [4.69, 9.17) is 14.2 Å². The zero-order chi connectivity index (χ0) is 29.5. The summed E-state index contributed by atoms with van der Waals surface area (Å²) in [5, 5.41) is 17.8. The molecule has 42 heavy (non-hydrogen) atoms. The summed E-state index contributed by atoms with van der Waals surface area (Å²) >= 11 is 0. The Kier molecular flexibility index (Phi) is 8.83. The molecule has 2 N–H and O–H groups in total. The van der Waals surface area contributed by atoms with E-state index in [1.54, 1.807) is 30.3 Å². The molecule has 3 heterocycles. The van der Waals surface area contributed by atoms with Crippen molar-refractivity contribution in [3.8, 4) is 22.8 Å². The minimum Gasteiger partial charge on any atom is -0.496 e. The van der Waals surface area contributed by atoms with Gasteiger partial charge in [0.05, 0.1) is 35.5 Å². The summed E-state index contributed by atoms with van der Waals surface area (Å²) in [5.74, 6) is 0.243. The van der Waals surface area contributed by atoms with Crippen molar-refractivity contribution in [1.82, 2.24) is 15.3 Å². The first-order valence-electron chi connectivity index (χ1n) is 13.2. The first-order chi connectivity index (χ1) is 20.4. The lowest BCUT2D eigenvalue weighted by molar-refractivity contribution is -0.384. The smallest absolute Gasteiger partial charge is 0.279 e. The van der Waals surface area contributed by atoms with Crippen molar-refractivity contribution in [2.75, 3.05) is 25.6 Å². The summed E-state index contributed by atoms with van der Waals surface area (Å²) in [7, 11) is 1.47. The molecule has 0 unspecified atom stereocenters. The maximum absolute atomic E-state index is 14.5. The van der Waals surface area contributed by atoms with Gasteiger partial charge in [-0.25, -0.2) is 14.4 Å². The molecule has 6 bridgehead atoms. The molecule has 6 rings (SSSR count). The number of aromatic nitrogens is 2. The quantitative estimate of drug-likeness (QED) is 0.232. The number of halogens is 1. The highest BCUT2D eigenvalue weighted by molar-refractivity contribution is 5.96. The normalized spacial score (nSPS) is 13.6. The van der Waals surface area contributed by atoms with Gasteiger partial charge in [-0.15, -0.1) is 0 Å². The third-order valence-corrected chi connectivity index (χ3v) is 6.63. The molecule has 1 amide bonds. The molecule has 0 spiro atoms. The Morgan fingerprint density at radius 1 is 1.10 bits per heavy atom. The Labute approximate surface area is 240 Å². The summed E-state index contributed by atoms with van der Waals surface area (Å²) in [6.07, 6.45) is 2.80. The lowest BCUT2D eigenvalue weighted by Crippen LogP contribution is -2.24. The van der Waals surface area contributed by atoms with Crippen LogP contribution in [0.1, 0.15) is 34.3 Å². The number of rotatable bonds is 5. The van der Waals surface area contributed by atoms with Gasteiger partial charge in [-0.2, -0.15) is 0 Å². The van der Waals surface area contributed by atoms with E-state index in [0.717, 1.165) is 0 Å². The van der Waals surface area contributed by atoms with E-state index in [0.29, 0.717) is 60.0 Å². The highest BCUT2D eigenvalue weighted by Gasteiger charge is 2.20. The molecule has 0 fully saturated rings. The van der Waals surface area contributed by atoms with Gasteiger partial charge in [-0.1, -0.05) is 6.07 Å². The number of nitrogens with one attached hydrogen (secondary N) is 2. The SMILES string of the molecule is COc1cccc(F)c1COc1ccc2cc1COCCCCNC(=O)c1ccc(c([N+](=O)[O-])c1)-c1ccnc(n1)N2. The molecule has 4 aromatic rings. The topological polar surface area (TPSA) is 138 Å². The number of hydrogen-bond donors (Lipinski definition) is 2. The van der Waals surface area contributed by atoms with E-state index in [-0.39, 0.29) is 36.0 Å². The number of hydrogen-bond acceptors (Lipinski definition) is 9. The van der Waals surface area contributed by atoms with Crippen LogP contribution in [0.25, 0.3) is 11.3 Å². The monoisotopic (exact) mass is 573 g/mol. The Balaban J connectivity index is 1.46. The lowest BCUT2D eigenvalue weighted by Gasteiger charge is -2.16. The number of amides is 1. The van der Waals surface area contributed by atoms with Gasteiger partial charge in [0, 0.05) is 42.2 Å². The molecule has 0 saturated carbocycles. The molecule has 0 saturated heterocycles. The fourth-order valence-electron chi connectivity index (χ4n) is 4.48. The lowest BCUT2D eigenvalue weighted by atomic mass is 10.1. The molecule has 0 radical (unpaired) electrons. The first-order valence-corrected chi connectivity index (χ1v) is 13.2. The number of carbonyl (C=O) groups excluding carboxylic acids is 1. The van der Waals surface area contributed by atoms with Crippen molar-refractivity contribution in [1.29, 1.82) is 0 Å². The summed E-state index contributed by atoms with van der Waals surface area (Å²) in [6.45, 7) is 0.949. The van der Waals surface area contributed by atoms with E-state index in [2.05, 4.69) is 20.6 Å². The molecule has 216 valence electrons. The standard InChI is InChI=1S/C30H28FN5O6/c1-40-28-6-4-5-24(31)23(28)18-42-27-10-8-21-15-20(27)17-41-14-3-2-12-32-29(37)19-7-9-22(26(16-19)36(38)39)25-11-13-33-30(34-21)35-25/h4-11,13,15-16H,2-3,12,14,17-18H2,1H3,(H,32,37)(H,33,34,35). The number of fused-ring (bicyclic) bond motifs is 9. The third kappa shape index (κ3) is 6.61. The second kappa shape index (κ2) is 13.0. The number of methoxy groups -OCH3 is 1. The highest BCUT2D eigenvalue weighted by atomic mass is 19.1. The molecule has 0 aliphatic carbocycles. The Morgan fingerprint density at radius 2 is 1.98 bits per heavy atom. The molecule has 1 aromatic heterocycles. The van der Waals surface area contributed by atoms with Gasteiger partial charge in [-0.3, -0.25) is 14.9 Å². The maximum Gasteiger partial charge on any atom is 0.279 e. The Morgan fingerprint density at radius 3 is 2.81 bits per heavy atom. The Bertz CT molecular complexity index is 1620. The van der Waals surface area contributed by atoms with Crippen molar-refractivity contribution in [2.24, 2.45) is 0 Å². The number of carbonyl (C=O) groups is 1. The van der Waals surface area contributed by atoms with Crippen LogP contribution in [0.2, 0.25) is 0 Å². The van der Waals surface area contributed by atoms with Crippen LogP contribution in [-0.4, -0.2) is 41.1 Å². The highest BCUT2D eigenvalue weighted by Crippen LogP contribution is 2.32. The third-order valence-electron chi connectivity index (χ3n) is 6.63. The minimum atomic E-state index is -0.539. The molecule has 0 atom stereocenters. The van der Waals surface area contributed by atoms with E-state index in [1.807, 2.05) is 6.07 Å². The molecule has 11 nitrogen and oxygen atoms in total. The van der Waals surface area contributed by atoms with Crippen LogP contribution in [0.15, 0.2) is 66.9 Å². The van der Waals surface area contributed by atoms with E-state index in [9.17, 15) is 19.3 Å². The van der Waals surface area contributed by atoms with Crippen LogP contribution in [0.5, 0.6) is 11.5 Å². The largest absolute Gasteiger partial charge is 0.496 e. The first kappa shape index (κ1) is 28.4. The zero-order valence-corrected chi connectivity index (χ0v) is 22.8. The van der Waals surface area contributed by atoms with Crippen LogP contribution in [0.4, 0.5) is 21.7 Å². The molecular formula is C30H28FN5O6. The van der Waals surface area contributed by atoms with Crippen LogP contribution >= 0.6 is 0 Å². The number of anilines is 2. The van der Waals surface area contributed by atoms with Crippen molar-refractivity contribution in [3.63, 3.8) is 0 Å². The van der Waals surface area contributed by atoms with Crippen LogP contribution < -0.4 is 20.1 Å². The van der Waals surface area contributed by atoms with E-state index in [1.165, 1.54) is 37.6 Å². The van der Waals surface area contributed by atoms with Crippen LogP contribution in [-0.2, 0) is 18.0 Å². The zero-order valence-electron chi connectivity index (χ0n) is 22.8. The second-order valence-corrected chi connectivity index (χ2v) is 9.43. The predicted octanol–water partition coefficient (Wildman–Crippen LogP) is 5.56. The molecule has 2 aliphatic rings. The average molecular weight is 574 g/mol. The average Bonchev–Trinajstić information content (AvgIpc) is 2.99. The summed E-state index contributed by atoms with van der Waals surface area (Å²) in [6, 6.07) is 15.7. The molecule has 12 heteroatoms. The van der Waals surface area contributed by atoms with Crippen LogP contribution in [0.3, 0.4) is 0 Å².